The Balaban J connectivity index is 2.58. The molecule has 0 aliphatic rings. The molecule has 1 aromatic rings. The van der Waals surface area contributed by atoms with Crippen LogP contribution in [0.15, 0.2) is 18.2 Å². The lowest BCUT2D eigenvalue weighted by molar-refractivity contribution is -0.136. The van der Waals surface area contributed by atoms with Gasteiger partial charge in [-0.2, -0.15) is 0 Å². The molecule has 1 aromatic carbocycles. The van der Waals surface area contributed by atoms with Gasteiger partial charge in [-0.3, -0.25) is 4.79 Å². The third-order valence-corrected chi connectivity index (χ3v) is 2.21. The number of nitrogens with one attached hydrogen (secondary N) is 1. The number of hydrogen-bond donors (Lipinski definition) is 4. The molecule has 5 nitrogen and oxygen atoms in total. The van der Waals surface area contributed by atoms with Gasteiger partial charge in [0.2, 0.25) is 0 Å². The fraction of sp³-hybridized carbons (Fsp3) is 0.364. The van der Waals surface area contributed by atoms with E-state index >= 15 is 0 Å². The molecule has 0 spiro atoms. The van der Waals surface area contributed by atoms with Gasteiger partial charge in [0, 0.05) is 18.7 Å². The second-order valence-electron chi connectivity index (χ2n) is 3.60. The van der Waals surface area contributed by atoms with E-state index in [1.54, 1.807) is 0 Å². The van der Waals surface area contributed by atoms with E-state index in [2.05, 4.69) is 5.32 Å². The monoisotopic (exact) mass is 225 g/mol. The van der Waals surface area contributed by atoms with Crippen LogP contribution in [0.3, 0.4) is 0 Å². The van der Waals surface area contributed by atoms with Crippen molar-refractivity contribution >= 4 is 5.97 Å². The Hall–Kier alpha value is -1.75. The predicted octanol–water partition coefficient (Wildman–Crippen LogP) is 1.22. The van der Waals surface area contributed by atoms with Gasteiger partial charge in [-0.05, 0) is 24.6 Å². The SMILES string of the molecule is CC(NCCC(=O)O)c1cc(O)cc(O)c1. The predicted molar refractivity (Wildman–Crippen MR) is 58.4 cm³/mol. The Morgan fingerprint density at radius 3 is 2.38 bits per heavy atom. The Morgan fingerprint density at radius 1 is 1.31 bits per heavy atom. The summed E-state index contributed by atoms with van der Waals surface area (Å²) in [6, 6.07) is 4.17. The van der Waals surface area contributed by atoms with Gasteiger partial charge < -0.3 is 20.6 Å². The minimum absolute atomic E-state index is 0.0121. The number of phenolic OH excluding ortho intramolecular Hbond substituents is 2. The van der Waals surface area contributed by atoms with Crippen LogP contribution in [0, 0.1) is 0 Å². The van der Waals surface area contributed by atoms with Crippen molar-refractivity contribution < 1.29 is 20.1 Å². The van der Waals surface area contributed by atoms with Gasteiger partial charge >= 0.3 is 5.97 Å². The third-order valence-electron chi connectivity index (χ3n) is 2.21. The summed E-state index contributed by atoms with van der Waals surface area (Å²) in [4.78, 5) is 10.3. The van der Waals surface area contributed by atoms with Crippen LogP contribution in [0.25, 0.3) is 0 Å². The summed E-state index contributed by atoms with van der Waals surface area (Å²) in [6.07, 6.45) is 0.0368. The summed E-state index contributed by atoms with van der Waals surface area (Å²) in [5, 5.41) is 30.0. The smallest absolute Gasteiger partial charge is 0.304 e. The maximum Gasteiger partial charge on any atom is 0.304 e. The first kappa shape index (κ1) is 12.3. The third kappa shape index (κ3) is 3.78. The Bertz CT molecular complexity index is 358. The average molecular weight is 225 g/mol. The molecule has 5 heteroatoms. The number of rotatable bonds is 5. The molecule has 1 unspecified atom stereocenters. The van der Waals surface area contributed by atoms with Crippen LogP contribution in [0.4, 0.5) is 0 Å². The number of carboxylic acid groups (broad SMARTS) is 1. The molecule has 16 heavy (non-hydrogen) atoms. The highest BCUT2D eigenvalue weighted by atomic mass is 16.4. The minimum Gasteiger partial charge on any atom is -0.508 e. The lowest BCUT2D eigenvalue weighted by Crippen LogP contribution is -2.21. The zero-order chi connectivity index (χ0) is 12.1. The second kappa shape index (κ2) is 5.37. The Morgan fingerprint density at radius 2 is 1.88 bits per heavy atom. The lowest BCUT2D eigenvalue weighted by Gasteiger charge is -2.14. The van der Waals surface area contributed by atoms with Crippen LogP contribution in [0.2, 0.25) is 0 Å². The molecule has 0 heterocycles. The van der Waals surface area contributed by atoms with Crippen LogP contribution in [0.1, 0.15) is 24.9 Å². The molecule has 0 aliphatic carbocycles. The molecule has 1 rings (SSSR count). The summed E-state index contributed by atoms with van der Waals surface area (Å²) in [5.74, 6) is -0.887. The van der Waals surface area contributed by atoms with Gasteiger partial charge in [0.15, 0.2) is 0 Å². The normalized spacial score (nSPS) is 12.3. The Labute approximate surface area is 93.4 Å². The molecular weight excluding hydrogens is 210 g/mol. The van der Waals surface area contributed by atoms with Crippen LogP contribution in [0.5, 0.6) is 11.5 Å². The zero-order valence-electron chi connectivity index (χ0n) is 8.97. The van der Waals surface area contributed by atoms with E-state index < -0.39 is 5.97 Å². The summed E-state index contributed by atoms with van der Waals surface area (Å²) in [7, 11) is 0. The molecular formula is C11H15NO4. The molecule has 0 aromatic heterocycles. The first-order valence-corrected chi connectivity index (χ1v) is 4.97. The van der Waals surface area contributed by atoms with E-state index in [-0.39, 0.29) is 24.0 Å². The molecule has 0 radical (unpaired) electrons. The number of aromatic hydroxyl groups is 2. The van der Waals surface area contributed by atoms with Crippen molar-refractivity contribution in [2.75, 3.05) is 6.54 Å². The topological polar surface area (TPSA) is 89.8 Å². The first-order chi connectivity index (χ1) is 7.49. The van der Waals surface area contributed by atoms with Gasteiger partial charge in [0.1, 0.15) is 11.5 Å². The Kier molecular flexibility index (Phi) is 4.13. The molecule has 0 amide bonds. The zero-order valence-corrected chi connectivity index (χ0v) is 8.97. The van der Waals surface area contributed by atoms with Crippen molar-refractivity contribution in [3.05, 3.63) is 23.8 Å². The number of carbonyl (C=O) groups is 1. The molecule has 4 N–H and O–H groups in total. The number of aliphatic carboxylic acids is 1. The van der Waals surface area contributed by atoms with Crippen molar-refractivity contribution in [1.82, 2.24) is 5.32 Å². The molecule has 0 saturated heterocycles. The number of phenols is 2. The van der Waals surface area contributed by atoms with Gasteiger partial charge in [-0.1, -0.05) is 0 Å². The lowest BCUT2D eigenvalue weighted by atomic mass is 10.1. The molecule has 1 atom stereocenters. The largest absolute Gasteiger partial charge is 0.508 e. The fourth-order valence-corrected chi connectivity index (χ4v) is 1.38. The van der Waals surface area contributed by atoms with E-state index in [4.69, 9.17) is 5.11 Å². The van der Waals surface area contributed by atoms with Gasteiger partial charge in [-0.25, -0.2) is 0 Å². The number of hydrogen-bond acceptors (Lipinski definition) is 4. The van der Waals surface area contributed by atoms with E-state index in [1.807, 2.05) is 6.92 Å². The fourth-order valence-electron chi connectivity index (χ4n) is 1.38. The van der Waals surface area contributed by atoms with E-state index in [0.717, 1.165) is 0 Å². The van der Waals surface area contributed by atoms with E-state index in [0.29, 0.717) is 12.1 Å². The molecule has 88 valence electrons. The van der Waals surface area contributed by atoms with Crippen LogP contribution in [-0.4, -0.2) is 27.8 Å². The van der Waals surface area contributed by atoms with Crippen LogP contribution in [-0.2, 0) is 4.79 Å². The standard InChI is InChI=1S/C11H15NO4/c1-7(12-3-2-11(15)16)8-4-9(13)6-10(14)5-8/h4-7,12-14H,2-3H2,1H3,(H,15,16). The molecule has 0 aliphatic heterocycles. The highest BCUT2D eigenvalue weighted by Crippen LogP contribution is 2.24. The van der Waals surface area contributed by atoms with Gasteiger partial charge in [0.25, 0.3) is 0 Å². The summed E-state index contributed by atoms with van der Waals surface area (Å²) >= 11 is 0. The average Bonchev–Trinajstić information content (AvgIpc) is 2.15. The van der Waals surface area contributed by atoms with Crippen molar-refractivity contribution in [1.29, 1.82) is 0 Å². The van der Waals surface area contributed by atoms with Gasteiger partial charge in [0.05, 0.1) is 6.42 Å². The van der Waals surface area contributed by atoms with Crippen molar-refractivity contribution in [2.45, 2.75) is 19.4 Å². The summed E-state index contributed by atoms with van der Waals surface area (Å²) in [6.45, 7) is 2.17. The molecule has 0 fully saturated rings. The van der Waals surface area contributed by atoms with Gasteiger partial charge in [-0.15, -0.1) is 0 Å². The quantitative estimate of drug-likeness (QED) is 0.605. The van der Waals surface area contributed by atoms with Crippen molar-refractivity contribution in [3.8, 4) is 11.5 Å². The van der Waals surface area contributed by atoms with Crippen LogP contribution < -0.4 is 5.32 Å². The highest BCUT2D eigenvalue weighted by Gasteiger charge is 2.08. The van der Waals surface area contributed by atoms with Crippen molar-refractivity contribution in [2.24, 2.45) is 0 Å². The van der Waals surface area contributed by atoms with Crippen molar-refractivity contribution in [3.63, 3.8) is 0 Å². The van der Waals surface area contributed by atoms with E-state index in [1.165, 1.54) is 18.2 Å². The minimum atomic E-state index is -0.863. The number of carboxylic acids is 1. The second-order valence-corrected chi connectivity index (χ2v) is 3.60. The summed E-state index contributed by atoms with van der Waals surface area (Å²) in [5.41, 5.74) is 0.711. The maximum absolute atomic E-state index is 10.3. The molecule has 0 bridgehead atoms. The molecule has 0 saturated carbocycles. The summed E-state index contributed by atoms with van der Waals surface area (Å²) < 4.78 is 0. The van der Waals surface area contributed by atoms with Crippen LogP contribution >= 0.6 is 0 Å². The first-order valence-electron chi connectivity index (χ1n) is 4.97. The highest BCUT2D eigenvalue weighted by molar-refractivity contribution is 5.66. The maximum atomic E-state index is 10.3. The number of benzene rings is 1. The van der Waals surface area contributed by atoms with E-state index in [9.17, 15) is 15.0 Å².